The average molecular weight is 476 g/mol. The van der Waals surface area contributed by atoms with E-state index in [1.54, 1.807) is 12.3 Å². The lowest BCUT2D eigenvalue weighted by Gasteiger charge is -2.13. The SMILES string of the molecule is Cc1c(C)n(Cc2ccccc2F)c2c(OCc3ccc(Br)cc3)ccnc12.Cl. The molecule has 0 N–H and O–H groups in total. The summed E-state index contributed by atoms with van der Waals surface area (Å²) in [7, 11) is 0. The number of aryl methyl sites for hydroxylation is 1. The van der Waals surface area contributed by atoms with Crippen molar-refractivity contribution in [3.8, 4) is 5.75 Å². The molecule has 3 nitrogen and oxygen atoms in total. The number of aromatic nitrogens is 2. The summed E-state index contributed by atoms with van der Waals surface area (Å²) in [6, 6.07) is 16.8. The smallest absolute Gasteiger partial charge is 0.147 e. The Balaban J connectivity index is 0.00000240. The lowest BCUT2D eigenvalue weighted by molar-refractivity contribution is 0.308. The van der Waals surface area contributed by atoms with Crippen molar-refractivity contribution in [2.75, 3.05) is 0 Å². The van der Waals surface area contributed by atoms with E-state index in [1.807, 2.05) is 56.3 Å². The molecule has 0 fully saturated rings. The third-order valence-corrected chi connectivity index (χ3v) is 5.58. The van der Waals surface area contributed by atoms with Gasteiger partial charge in [-0.15, -0.1) is 12.4 Å². The molecular formula is C23H21BrClFN2O. The minimum absolute atomic E-state index is 0. The second-order valence-electron chi connectivity index (χ2n) is 6.81. The van der Waals surface area contributed by atoms with Gasteiger partial charge in [-0.1, -0.05) is 46.3 Å². The first kappa shape index (κ1) is 21.3. The molecule has 0 radical (unpaired) electrons. The third kappa shape index (κ3) is 4.31. The monoisotopic (exact) mass is 474 g/mol. The zero-order valence-electron chi connectivity index (χ0n) is 16.2. The summed E-state index contributed by atoms with van der Waals surface area (Å²) in [5.41, 5.74) is 5.66. The molecule has 4 aromatic rings. The molecule has 150 valence electrons. The number of fused-ring (bicyclic) bond motifs is 1. The van der Waals surface area contributed by atoms with Crippen LogP contribution in [0.2, 0.25) is 0 Å². The number of hydrogen-bond acceptors (Lipinski definition) is 2. The Kier molecular flexibility index (Phi) is 6.60. The van der Waals surface area contributed by atoms with E-state index in [0.29, 0.717) is 18.7 Å². The van der Waals surface area contributed by atoms with Crippen LogP contribution in [0.4, 0.5) is 4.39 Å². The molecule has 0 aliphatic carbocycles. The zero-order valence-corrected chi connectivity index (χ0v) is 18.6. The Morgan fingerprint density at radius 2 is 1.76 bits per heavy atom. The normalized spacial score (nSPS) is 10.8. The van der Waals surface area contributed by atoms with Crippen molar-refractivity contribution < 1.29 is 9.13 Å². The van der Waals surface area contributed by atoms with Gasteiger partial charge >= 0.3 is 0 Å². The standard InChI is InChI=1S/C23H20BrFN2O.ClH/c1-15-16(2)27(13-18-5-3-4-6-20(18)25)23-21(11-12-26-22(15)23)28-14-17-7-9-19(24)10-8-17;/h3-12H,13-14H2,1-2H3;1H. The van der Waals surface area contributed by atoms with E-state index in [9.17, 15) is 4.39 Å². The maximum atomic E-state index is 14.3. The first-order valence-electron chi connectivity index (χ1n) is 9.09. The molecule has 0 spiro atoms. The highest BCUT2D eigenvalue weighted by Gasteiger charge is 2.17. The van der Waals surface area contributed by atoms with Gasteiger partial charge in [0.15, 0.2) is 0 Å². The number of rotatable bonds is 5. The minimum atomic E-state index is -0.206. The number of ether oxygens (including phenoxy) is 1. The average Bonchev–Trinajstić information content (AvgIpc) is 2.95. The van der Waals surface area contributed by atoms with Crippen LogP contribution in [0.1, 0.15) is 22.4 Å². The Bertz CT molecular complexity index is 1140. The summed E-state index contributed by atoms with van der Waals surface area (Å²) in [4.78, 5) is 4.55. The van der Waals surface area contributed by atoms with Gasteiger partial charge in [-0.2, -0.15) is 0 Å². The van der Waals surface area contributed by atoms with Crippen LogP contribution in [0.3, 0.4) is 0 Å². The van der Waals surface area contributed by atoms with Crippen molar-refractivity contribution >= 4 is 39.4 Å². The van der Waals surface area contributed by atoms with Crippen molar-refractivity contribution in [1.29, 1.82) is 0 Å². The van der Waals surface area contributed by atoms with Gasteiger partial charge in [-0.05, 0) is 43.2 Å². The van der Waals surface area contributed by atoms with E-state index < -0.39 is 0 Å². The number of halogens is 3. The molecule has 0 bridgehead atoms. The van der Waals surface area contributed by atoms with Gasteiger partial charge in [-0.25, -0.2) is 4.39 Å². The quantitative estimate of drug-likeness (QED) is 0.325. The molecule has 6 heteroatoms. The summed E-state index contributed by atoms with van der Waals surface area (Å²) in [5.74, 6) is 0.545. The number of nitrogens with zero attached hydrogens (tertiary/aromatic N) is 2. The highest BCUT2D eigenvalue weighted by molar-refractivity contribution is 9.10. The Morgan fingerprint density at radius 3 is 2.48 bits per heavy atom. The second-order valence-corrected chi connectivity index (χ2v) is 7.73. The third-order valence-electron chi connectivity index (χ3n) is 5.05. The highest BCUT2D eigenvalue weighted by atomic mass is 79.9. The van der Waals surface area contributed by atoms with Crippen molar-refractivity contribution in [3.63, 3.8) is 0 Å². The predicted molar refractivity (Wildman–Crippen MR) is 120 cm³/mol. The number of pyridine rings is 1. The first-order valence-corrected chi connectivity index (χ1v) is 9.89. The molecule has 0 atom stereocenters. The van der Waals surface area contributed by atoms with E-state index in [-0.39, 0.29) is 18.2 Å². The highest BCUT2D eigenvalue weighted by Crippen LogP contribution is 2.32. The lowest BCUT2D eigenvalue weighted by Crippen LogP contribution is -2.05. The first-order chi connectivity index (χ1) is 13.5. The lowest BCUT2D eigenvalue weighted by atomic mass is 10.2. The Labute approximate surface area is 184 Å². The summed E-state index contributed by atoms with van der Waals surface area (Å²) in [5, 5.41) is 0. The zero-order chi connectivity index (χ0) is 19.7. The minimum Gasteiger partial charge on any atom is -0.487 e. The van der Waals surface area contributed by atoms with Crippen LogP contribution in [0.5, 0.6) is 5.75 Å². The summed E-state index contributed by atoms with van der Waals surface area (Å²) in [6.07, 6.45) is 1.76. The molecule has 29 heavy (non-hydrogen) atoms. The molecule has 0 amide bonds. The van der Waals surface area contributed by atoms with Crippen LogP contribution in [-0.2, 0) is 13.2 Å². The molecule has 0 saturated carbocycles. The molecule has 2 aromatic heterocycles. The molecule has 2 heterocycles. The molecule has 0 saturated heterocycles. The van der Waals surface area contributed by atoms with E-state index in [1.165, 1.54) is 6.07 Å². The van der Waals surface area contributed by atoms with Crippen molar-refractivity contribution in [2.24, 2.45) is 0 Å². The number of hydrogen-bond donors (Lipinski definition) is 0. The maximum absolute atomic E-state index is 14.3. The van der Waals surface area contributed by atoms with Crippen molar-refractivity contribution in [1.82, 2.24) is 9.55 Å². The van der Waals surface area contributed by atoms with Gasteiger partial charge in [0, 0.05) is 28.0 Å². The summed E-state index contributed by atoms with van der Waals surface area (Å²) in [6.45, 7) is 4.97. The van der Waals surface area contributed by atoms with Crippen molar-refractivity contribution in [3.05, 3.63) is 93.5 Å². The fourth-order valence-corrected chi connectivity index (χ4v) is 3.63. The maximum Gasteiger partial charge on any atom is 0.147 e. The number of benzene rings is 2. The Morgan fingerprint density at radius 1 is 1.03 bits per heavy atom. The van der Waals surface area contributed by atoms with E-state index in [0.717, 1.165) is 38.1 Å². The van der Waals surface area contributed by atoms with Crippen LogP contribution in [-0.4, -0.2) is 9.55 Å². The summed E-state index contributed by atoms with van der Waals surface area (Å²) >= 11 is 3.45. The second kappa shape index (κ2) is 8.97. The van der Waals surface area contributed by atoms with Crippen LogP contribution >= 0.6 is 28.3 Å². The van der Waals surface area contributed by atoms with Gasteiger partial charge in [0.05, 0.1) is 12.1 Å². The van der Waals surface area contributed by atoms with Gasteiger partial charge in [0.1, 0.15) is 23.7 Å². The van der Waals surface area contributed by atoms with Crippen LogP contribution in [0, 0.1) is 19.7 Å². The van der Waals surface area contributed by atoms with Gasteiger partial charge in [0.25, 0.3) is 0 Å². The molecule has 2 aromatic carbocycles. The topological polar surface area (TPSA) is 27.1 Å². The fraction of sp³-hybridized carbons (Fsp3) is 0.174. The molecule has 0 aliphatic heterocycles. The van der Waals surface area contributed by atoms with Crippen molar-refractivity contribution in [2.45, 2.75) is 27.0 Å². The fourth-order valence-electron chi connectivity index (χ4n) is 3.37. The van der Waals surface area contributed by atoms with Gasteiger partial charge in [-0.3, -0.25) is 4.98 Å². The van der Waals surface area contributed by atoms with Crippen LogP contribution in [0.25, 0.3) is 11.0 Å². The molecular weight excluding hydrogens is 455 g/mol. The van der Waals surface area contributed by atoms with E-state index in [4.69, 9.17) is 4.74 Å². The van der Waals surface area contributed by atoms with E-state index >= 15 is 0 Å². The predicted octanol–water partition coefficient (Wildman–Crippen LogP) is 6.60. The Hall–Kier alpha value is -2.37. The van der Waals surface area contributed by atoms with Crippen LogP contribution in [0.15, 0.2) is 65.3 Å². The van der Waals surface area contributed by atoms with Crippen LogP contribution < -0.4 is 4.74 Å². The molecule has 0 unspecified atom stereocenters. The van der Waals surface area contributed by atoms with Gasteiger partial charge in [0.2, 0.25) is 0 Å². The largest absolute Gasteiger partial charge is 0.487 e. The van der Waals surface area contributed by atoms with E-state index in [2.05, 4.69) is 25.5 Å². The van der Waals surface area contributed by atoms with Gasteiger partial charge < -0.3 is 9.30 Å². The molecule has 0 aliphatic rings. The summed E-state index contributed by atoms with van der Waals surface area (Å²) < 4.78 is 23.5. The molecule has 4 rings (SSSR count).